The average Bonchev–Trinajstić information content (AvgIpc) is 3.11. The van der Waals surface area contributed by atoms with Gasteiger partial charge < -0.3 is 4.74 Å². The first kappa shape index (κ1) is 33.7. The Kier molecular flexibility index (Phi) is 24.2. The number of rotatable bonds is 15. The number of carbonyl (C=O) groups excluding carboxylic acids is 3. The Bertz CT molecular complexity index is 522. The maximum atomic E-state index is 11.7. The van der Waals surface area contributed by atoms with E-state index in [2.05, 4.69) is 13.0 Å². The van der Waals surface area contributed by atoms with Crippen LogP contribution in [0.4, 0.5) is 0 Å². The summed E-state index contributed by atoms with van der Waals surface area (Å²) < 4.78 is 5.00. The van der Waals surface area contributed by atoms with Crippen molar-refractivity contribution < 1.29 is 19.1 Å². The molecule has 0 N–H and O–H groups in total. The molecule has 194 valence electrons. The molecule has 1 saturated carbocycles. The van der Waals surface area contributed by atoms with Crippen LogP contribution in [0.5, 0.6) is 0 Å². The maximum absolute atomic E-state index is 11.7. The molecule has 0 amide bonds. The molecule has 1 rings (SSSR count). The third kappa shape index (κ3) is 20.9. The highest BCUT2D eigenvalue weighted by atomic mass is 16.5. The third-order valence-corrected chi connectivity index (χ3v) is 5.93. The van der Waals surface area contributed by atoms with Gasteiger partial charge in [-0.15, -0.1) is 0 Å². The minimum atomic E-state index is -0.0736. The van der Waals surface area contributed by atoms with Crippen molar-refractivity contribution in [2.75, 3.05) is 0 Å². The van der Waals surface area contributed by atoms with E-state index in [0.717, 1.165) is 51.4 Å². The lowest BCUT2D eigenvalue weighted by Gasteiger charge is -2.12. The first-order chi connectivity index (χ1) is 15.8. The van der Waals surface area contributed by atoms with Gasteiger partial charge in [-0.25, -0.2) is 0 Å². The SMILES string of the molecule is CC.CC=CCCCCC(=O)OC(C)C.CCCCCCCC(=O)CC[C@H]1CCC(=O)C1C. The molecule has 1 unspecified atom stereocenters. The highest BCUT2D eigenvalue weighted by Crippen LogP contribution is 2.32. The van der Waals surface area contributed by atoms with E-state index in [0.29, 0.717) is 30.3 Å². The number of hydrogen-bond donors (Lipinski definition) is 0. The summed E-state index contributed by atoms with van der Waals surface area (Å²) in [5, 5.41) is 0. The lowest BCUT2D eigenvalue weighted by atomic mass is 9.91. The summed E-state index contributed by atoms with van der Waals surface area (Å²) in [5.74, 6) is 1.39. The van der Waals surface area contributed by atoms with Crippen molar-refractivity contribution in [3.05, 3.63) is 12.2 Å². The Labute approximate surface area is 205 Å². The fraction of sp³-hybridized carbons (Fsp3) is 0.828. The Morgan fingerprint density at radius 1 is 1.00 bits per heavy atom. The minimum Gasteiger partial charge on any atom is -0.463 e. The molecule has 4 heteroatoms. The maximum Gasteiger partial charge on any atom is 0.306 e. The number of esters is 1. The molecule has 0 aliphatic heterocycles. The van der Waals surface area contributed by atoms with Crippen LogP contribution >= 0.6 is 0 Å². The van der Waals surface area contributed by atoms with Crippen molar-refractivity contribution in [1.82, 2.24) is 0 Å². The molecule has 0 spiro atoms. The van der Waals surface area contributed by atoms with E-state index in [4.69, 9.17) is 4.74 Å². The van der Waals surface area contributed by atoms with Crippen molar-refractivity contribution in [1.29, 1.82) is 0 Å². The van der Waals surface area contributed by atoms with E-state index in [1.54, 1.807) is 0 Å². The van der Waals surface area contributed by atoms with Gasteiger partial charge in [0.05, 0.1) is 6.10 Å². The van der Waals surface area contributed by atoms with Crippen LogP contribution in [-0.2, 0) is 19.1 Å². The zero-order valence-electron chi connectivity index (χ0n) is 22.9. The topological polar surface area (TPSA) is 60.4 Å². The van der Waals surface area contributed by atoms with Crippen molar-refractivity contribution in [2.45, 2.75) is 144 Å². The molecule has 0 aromatic carbocycles. The second kappa shape index (κ2) is 23.7. The van der Waals surface area contributed by atoms with Crippen molar-refractivity contribution >= 4 is 17.5 Å². The minimum absolute atomic E-state index is 0.0167. The van der Waals surface area contributed by atoms with Crippen LogP contribution in [0.15, 0.2) is 12.2 Å². The molecule has 0 bridgehead atoms. The highest BCUT2D eigenvalue weighted by molar-refractivity contribution is 5.83. The second-order valence-electron chi connectivity index (χ2n) is 9.15. The summed E-state index contributed by atoms with van der Waals surface area (Å²) in [5.41, 5.74) is 0. The van der Waals surface area contributed by atoms with Crippen LogP contribution in [0, 0.1) is 11.8 Å². The predicted molar refractivity (Wildman–Crippen MR) is 140 cm³/mol. The van der Waals surface area contributed by atoms with Gasteiger partial charge in [-0.2, -0.15) is 0 Å². The summed E-state index contributed by atoms with van der Waals surface area (Å²) in [4.78, 5) is 34.2. The molecular formula is C29H54O4. The van der Waals surface area contributed by atoms with Gasteiger partial charge in [0, 0.05) is 31.6 Å². The first-order valence-electron chi connectivity index (χ1n) is 13.7. The van der Waals surface area contributed by atoms with E-state index < -0.39 is 0 Å². The fourth-order valence-electron chi connectivity index (χ4n) is 3.88. The van der Waals surface area contributed by atoms with Gasteiger partial charge in [0.2, 0.25) is 0 Å². The summed E-state index contributed by atoms with van der Waals surface area (Å²) in [6.07, 6.45) is 17.9. The molecule has 1 fully saturated rings. The third-order valence-electron chi connectivity index (χ3n) is 5.93. The smallest absolute Gasteiger partial charge is 0.306 e. The summed E-state index contributed by atoms with van der Waals surface area (Å²) in [7, 11) is 0. The van der Waals surface area contributed by atoms with Crippen LogP contribution in [0.25, 0.3) is 0 Å². The van der Waals surface area contributed by atoms with E-state index in [9.17, 15) is 14.4 Å². The molecule has 33 heavy (non-hydrogen) atoms. The van der Waals surface area contributed by atoms with Gasteiger partial charge in [-0.3, -0.25) is 14.4 Å². The Hall–Kier alpha value is -1.45. The molecule has 1 aliphatic carbocycles. The van der Waals surface area contributed by atoms with Gasteiger partial charge in [0.1, 0.15) is 11.6 Å². The number of ketones is 2. The van der Waals surface area contributed by atoms with Gasteiger partial charge in [-0.05, 0) is 65.2 Å². The first-order valence-corrected chi connectivity index (χ1v) is 13.7. The zero-order chi connectivity index (χ0) is 25.5. The predicted octanol–water partition coefficient (Wildman–Crippen LogP) is 8.41. The second-order valence-corrected chi connectivity index (χ2v) is 9.15. The van der Waals surface area contributed by atoms with Gasteiger partial charge in [-0.1, -0.05) is 65.5 Å². The lowest BCUT2D eigenvalue weighted by molar-refractivity contribution is -0.147. The monoisotopic (exact) mass is 466 g/mol. The number of allylic oxidation sites excluding steroid dienone is 2. The van der Waals surface area contributed by atoms with Crippen LogP contribution in [0.3, 0.4) is 0 Å². The molecule has 0 heterocycles. The van der Waals surface area contributed by atoms with Crippen molar-refractivity contribution in [2.24, 2.45) is 11.8 Å². The molecule has 1 aliphatic rings. The number of carbonyl (C=O) groups is 3. The van der Waals surface area contributed by atoms with Gasteiger partial charge in [0.25, 0.3) is 0 Å². The largest absolute Gasteiger partial charge is 0.463 e. The lowest BCUT2D eigenvalue weighted by Crippen LogP contribution is -2.12. The van der Waals surface area contributed by atoms with Crippen LogP contribution in [0.1, 0.15) is 138 Å². The van der Waals surface area contributed by atoms with Gasteiger partial charge >= 0.3 is 5.97 Å². The normalized spacial score (nSPS) is 17.4. The highest BCUT2D eigenvalue weighted by Gasteiger charge is 2.30. The number of unbranched alkanes of at least 4 members (excludes halogenated alkanes) is 6. The molecule has 2 atom stereocenters. The molecule has 0 radical (unpaired) electrons. The molecule has 0 saturated heterocycles. The van der Waals surface area contributed by atoms with E-state index in [1.807, 2.05) is 47.6 Å². The molecule has 4 nitrogen and oxygen atoms in total. The van der Waals surface area contributed by atoms with Gasteiger partial charge in [0.15, 0.2) is 0 Å². The van der Waals surface area contributed by atoms with E-state index >= 15 is 0 Å². The molecular weight excluding hydrogens is 412 g/mol. The Morgan fingerprint density at radius 3 is 2.18 bits per heavy atom. The van der Waals surface area contributed by atoms with Crippen LogP contribution in [0.2, 0.25) is 0 Å². The fourth-order valence-corrected chi connectivity index (χ4v) is 3.88. The number of ether oxygens (including phenoxy) is 1. The molecule has 0 aromatic rings. The summed E-state index contributed by atoms with van der Waals surface area (Å²) in [6.45, 7) is 14.0. The van der Waals surface area contributed by atoms with E-state index in [1.165, 1.54) is 25.7 Å². The average molecular weight is 467 g/mol. The summed E-state index contributed by atoms with van der Waals surface area (Å²) >= 11 is 0. The van der Waals surface area contributed by atoms with Crippen molar-refractivity contribution in [3.63, 3.8) is 0 Å². The van der Waals surface area contributed by atoms with E-state index in [-0.39, 0.29) is 18.0 Å². The zero-order valence-corrected chi connectivity index (χ0v) is 22.9. The standard InChI is InChI=1S/C16H28O2.C11H20O2.C2H6/c1-3-4-5-6-7-8-15(17)11-9-14-10-12-16(18)13(14)2;1-4-5-6-7-8-9-11(12)13-10(2)3;1-2/h13-14H,3-12H2,1-2H3;4-5,10H,6-9H2,1-3H3;1-2H3/t13?,14-;;/m0../s1. The van der Waals surface area contributed by atoms with Crippen LogP contribution < -0.4 is 0 Å². The molecule has 0 aromatic heterocycles. The number of Topliss-reactive ketones (excluding diaryl/α,β-unsaturated/α-hetero) is 2. The Balaban J connectivity index is 0. The van der Waals surface area contributed by atoms with Crippen LogP contribution in [-0.4, -0.2) is 23.6 Å². The van der Waals surface area contributed by atoms with Crippen molar-refractivity contribution in [3.8, 4) is 0 Å². The summed E-state index contributed by atoms with van der Waals surface area (Å²) in [6, 6.07) is 0. The Morgan fingerprint density at radius 2 is 1.64 bits per heavy atom. The quantitative estimate of drug-likeness (QED) is 0.138. The number of hydrogen-bond acceptors (Lipinski definition) is 4.